The Hall–Kier alpha value is -1.48. The Labute approximate surface area is 127 Å². The fraction of sp³-hybridized carbons (Fsp3) is 0.235. The lowest BCUT2D eigenvalue weighted by Gasteiger charge is -2.06. The van der Waals surface area contributed by atoms with Crippen LogP contribution in [0.2, 0.25) is 0 Å². The van der Waals surface area contributed by atoms with Crippen molar-refractivity contribution >= 4 is 21.7 Å². The molecule has 2 aromatic carbocycles. The van der Waals surface area contributed by atoms with Gasteiger partial charge in [0.1, 0.15) is 5.82 Å². The van der Waals surface area contributed by atoms with Gasteiger partial charge in [0.15, 0.2) is 5.78 Å². The number of rotatable bonds is 5. The first-order chi connectivity index (χ1) is 9.61. The van der Waals surface area contributed by atoms with E-state index in [1.165, 1.54) is 17.7 Å². The van der Waals surface area contributed by atoms with Gasteiger partial charge in [-0.1, -0.05) is 53.5 Å². The monoisotopic (exact) mass is 334 g/mol. The van der Waals surface area contributed by atoms with E-state index in [2.05, 4.69) is 22.9 Å². The largest absolute Gasteiger partial charge is 0.289 e. The van der Waals surface area contributed by atoms with Crippen LogP contribution in [0.5, 0.6) is 0 Å². The molecule has 0 spiro atoms. The maximum atomic E-state index is 13.3. The Morgan fingerprint density at radius 1 is 1.15 bits per heavy atom. The zero-order chi connectivity index (χ0) is 14.5. The lowest BCUT2D eigenvalue weighted by molar-refractivity contribution is 0.103. The molecular weight excluding hydrogens is 319 g/mol. The molecule has 20 heavy (non-hydrogen) atoms. The maximum Gasteiger partial charge on any atom is 0.194 e. The summed E-state index contributed by atoms with van der Waals surface area (Å²) in [5.41, 5.74) is 2.16. The molecule has 3 heteroatoms. The highest BCUT2D eigenvalue weighted by Gasteiger charge is 2.13. The Morgan fingerprint density at radius 3 is 2.50 bits per heavy atom. The summed E-state index contributed by atoms with van der Waals surface area (Å²) in [7, 11) is 0. The van der Waals surface area contributed by atoms with Crippen LogP contribution >= 0.6 is 15.9 Å². The summed E-state index contributed by atoms with van der Waals surface area (Å²) in [6.45, 7) is 2.15. The number of halogens is 2. The number of aryl methyl sites for hydroxylation is 1. The van der Waals surface area contributed by atoms with Crippen LogP contribution in [0.15, 0.2) is 46.9 Å². The van der Waals surface area contributed by atoms with E-state index in [9.17, 15) is 9.18 Å². The van der Waals surface area contributed by atoms with Crippen molar-refractivity contribution in [1.29, 1.82) is 0 Å². The second-order valence-corrected chi connectivity index (χ2v) is 5.61. The van der Waals surface area contributed by atoms with Crippen molar-refractivity contribution in [2.45, 2.75) is 26.2 Å². The Kier molecular flexibility index (Phi) is 5.07. The van der Waals surface area contributed by atoms with Gasteiger partial charge in [-0.05, 0) is 36.6 Å². The number of carbonyl (C=O) groups excluding carboxylic acids is 1. The SMILES string of the molecule is CCCCc1ccc(C(=O)c2cc(F)ccc2Br)cc1. The Balaban J connectivity index is 2.22. The molecule has 1 nitrogen and oxygen atoms in total. The van der Waals surface area contributed by atoms with E-state index < -0.39 is 5.82 Å². The summed E-state index contributed by atoms with van der Waals surface area (Å²) in [5, 5.41) is 0. The van der Waals surface area contributed by atoms with E-state index in [0.717, 1.165) is 19.3 Å². The van der Waals surface area contributed by atoms with Crippen molar-refractivity contribution in [3.63, 3.8) is 0 Å². The third kappa shape index (κ3) is 3.54. The fourth-order valence-corrected chi connectivity index (χ4v) is 2.46. The number of carbonyl (C=O) groups is 1. The van der Waals surface area contributed by atoms with Gasteiger partial charge < -0.3 is 0 Å². The van der Waals surface area contributed by atoms with Crippen molar-refractivity contribution in [3.8, 4) is 0 Å². The van der Waals surface area contributed by atoms with Gasteiger partial charge in [0, 0.05) is 15.6 Å². The highest BCUT2D eigenvalue weighted by Crippen LogP contribution is 2.21. The molecular formula is C17H16BrFO. The highest BCUT2D eigenvalue weighted by atomic mass is 79.9. The topological polar surface area (TPSA) is 17.1 Å². The van der Waals surface area contributed by atoms with E-state index in [1.807, 2.05) is 24.3 Å². The number of hydrogen-bond acceptors (Lipinski definition) is 1. The van der Waals surface area contributed by atoms with Crippen LogP contribution in [0.4, 0.5) is 4.39 Å². The third-order valence-corrected chi connectivity index (χ3v) is 3.90. The fourth-order valence-electron chi connectivity index (χ4n) is 2.03. The van der Waals surface area contributed by atoms with Gasteiger partial charge in [0.2, 0.25) is 0 Å². The number of hydrogen-bond donors (Lipinski definition) is 0. The molecule has 0 bridgehead atoms. The van der Waals surface area contributed by atoms with Crippen molar-refractivity contribution in [1.82, 2.24) is 0 Å². The van der Waals surface area contributed by atoms with E-state index in [1.54, 1.807) is 6.07 Å². The molecule has 0 aliphatic rings. The van der Waals surface area contributed by atoms with Gasteiger partial charge in [-0.3, -0.25) is 4.79 Å². The molecule has 2 aromatic rings. The first kappa shape index (κ1) is 14.9. The summed E-state index contributed by atoms with van der Waals surface area (Å²) in [6, 6.07) is 11.7. The third-order valence-electron chi connectivity index (χ3n) is 3.21. The lowest BCUT2D eigenvalue weighted by atomic mass is 10.0. The number of benzene rings is 2. The first-order valence-electron chi connectivity index (χ1n) is 6.70. The number of ketones is 1. The van der Waals surface area contributed by atoms with Gasteiger partial charge in [-0.2, -0.15) is 0 Å². The first-order valence-corrected chi connectivity index (χ1v) is 7.50. The zero-order valence-electron chi connectivity index (χ0n) is 11.3. The molecule has 0 saturated heterocycles. The lowest BCUT2D eigenvalue weighted by Crippen LogP contribution is -2.03. The molecule has 104 valence electrons. The van der Waals surface area contributed by atoms with Crippen LogP contribution in [0.25, 0.3) is 0 Å². The minimum atomic E-state index is -0.406. The molecule has 0 saturated carbocycles. The molecule has 0 unspecified atom stereocenters. The Bertz CT molecular complexity index is 605. The van der Waals surface area contributed by atoms with E-state index >= 15 is 0 Å². The second-order valence-electron chi connectivity index (χ2n) is 4.75. The van der Waals surface area contributed by atoms with Gasteiger partial charge >= 0.3 is 0 Å². The predicted molar refractivity (Wildman–Crippen MR) is 82.6 cm³/mol. The van der Waals surface area contributed by atoms with Crippen LogP contribution in [-0.2, 0) is 6.42 Å². The quantitative estimate of drug-likeness (QED) is 0.690. The van der Waals surface area contributed by atoms with Crippen molar-refractivity contribution < 1.29 is 9.18 Å². The normalized spacial score (nSPS) is 10.6. The molecule has 0 N–H and O–H groups in total. The number of unbranched alkanes of at least 4 members (excludes halogenated alkanes) is 1. The van der Waals surface area contributed by atoms with Gasteiger partial charge in [-0.25, -0.2) is 4.39 Å². The summed E-state index contributed by atoms with van der Waals surface area (Å²) in [6.07, 6.45) is 3.31. The Morgan fingerprint density at radius 2 is 1.85 bits per heavy atom. The molecule has 0 amide bonds. The van der Waals surface area contributed by atoms with Crippen LogP contribution in [0.3, 0.4) is 0 Å². The average Bonchev–Trinajstić information content (AvgIpc) is 2.47. The second kappa shape index (κ2) is 6.80. The van der Waals surface area contributed by atoms with Gasteiger partial charge in [-0.15, -0.1) is 0 Å². The molecule has 0 aromatic heterocycles. The van der Waals surface area contributed by atoms with E-state index in [4.69, 9.17) is 0 Å². The summed E-state index contributed by atoms with van der Waals surface area (Å²) < 4.78 is 13.9. The van der Waals surface area contributed by atoms with Crippen LogP contribution < -0.4 is 0 Å². The van der Waals surface area contributed by atoms with Crippen molar-refractivity contribution in [3.05, 3.63) is 69.4 Å². The molecule has 0 atom stereocenters. The average molecular weight is 335 g/mol. The molecule has 0 aliphatic carbocycles. The summed E-state index contributed by atoms with van der Waals surface area (Å²) >= 11 is 3.29. The van der Waals surface area contributed by atoms with Crippen molar-refractivity contribution in [2.75, 3.05) is 0 Å². The zero-order valence-corrected chi connectivity index (χ0v) is 12.9. The minimum Gasteiger partial charge on any atom is -0.289 e. The van der Waals surface area contributed by atoms with Crippen LogP contribution in [0, 0.1) is 5.82 Å². The van der Waals surface area contributed by atoms with Gasteiger partial charge in [0.05, 0.1) is 0 Å². The van der Waals surface area contributed by atoms with Crippen LogP contribution in [-0.4, -0.2) is 5.78 Å². The summed E-state index contributed by atoms with van der Waals surface area (Å²) in [4.78, 5) is 12.3. The molecule has 0 fully saturated rings. The minimum absolute atomic E-state index is 0.168. The molecule has 2 rings (SSSR count). The highest BCUT2D eigenvalue weighted by molar-refractivity contribution is 9.10. The summed E-state index contributed by atoms with van der Waals surface area (Å²) in [5.74, 6) is -0.575. The van der Waals surface area contributed by atoms with Crippen LogP contribution in [0.1, 0.15) is 41.3 Å². The standard InChI is InChI=1S/C17H16BrFO/c1-2-3-4-12-5-7-13(8-6-12)17(20)15-11-14(19)9-10-16(15)18/h5-11H,2-4H2,1H3. The van der Waals surface area contributed by atoms with E-state index in [0.29, 0.717) is 15.6 Å². The van der Waals surface area contributed by atoms with Crippen molar-refractivity contribution in [2.24, 2.45) is 0 Å². The smallest absolute Gasteiger partial charge is 0.194 e. The van der Waals surface area contributed by atoms with E-state index in [-0.39, 0.29) is 5.78 Å². The molecule has 0 aliphatic heterocycles. The van der Waals surface area contributed by atoms with Gasteiger partial charge in [0.25, 0.3) is 0 Å². The molecule has 0 heterocycles. The molecule has 0 radical (unpaired) electrons. The predicted octanol–water partition coefficient (Wildman–Crippen LogP) is 5.16. The maximum absolute atomic E-state index is 13.3.